The van der Waals surface area contributed by atoms with Crippen LogP contribution in [0, 0.1) is 5.82 Å². The van der Waals surface area contributed by atoms with E-state index >= 15 is 0 Å². The number of amides is 1. The van der Waals surface area contributed by atoms with Crippen LogP contribution in [0.3, 0.4) is 0 Å². The zero-order chi connectivity index (χ0) is 15.2. The smallest absolute Gasteiger partial charge is 0.394 e. The Labute approximate surface area is 120 Å². The molecule has 0 aromatic heterocycles. The number of carbonyl (C=O) groups is 2. The zero-order valence-electron chi connectivity index (χ0n) is 10.9. The molecule has 0 saturated heterocycles. The molecule has 0 bridgehead atoms. The summed E-state index contributed by atoms with van der Waals surface area (Å²) in [5.74, 6) is -3.53. The standard InChI is InChI=1S/C15H12FNO4/c16-12-8-11(17-14(18)15(19)20)6-7-13(12)21-9-10-4-2-1-3-5-10/h1-8H,9H2,(H,17,18)(H,19,20). The van der Waals surface area contributed by atoms with E-state index in [9.17, 15) is 14.0 Å². The predicted molar refractivity (Wildman–Crippen MR) is 73.4 cm³/mol. The first-order valence-corrected chi connectivity index (χ1v) is 6.07. The maximum absolute atomic E-state index is 13.8. The third kappa shape index (κ3) is 4.04. The van der Waals surface area contributed by atoms with Gasteiger partial charge in [-0.2, -0.15) is 0 Å². The molecule has 2 aromatic carbocycles. The molecule has 0 aliphatic carbocycles. The largest absolute Gasteiger partial charge is 0.486 e. The van der Waals surface area contributed by atoms with E-state index in [1.807, 2.05) is 35.6 Å². The Morgan fingerprint density at radius 1 is 1.14 bits per heavy atom. The first-order chi connectivity index (χ1) is 10.1. The third-order valence-corrected chi connectivity index (χ3v) is 2.62. The van der Waals surface area contributed by atoms with E-state index in [2.05, 4.69) is 0 Å². The SMILES string of the molecule is O=C(O)C(=O)Nc1ccc(OCc2ccccc2)c(F)c1. The van der Waals surface area contributed by atoms with Crippen LogP contribution in [0.2, 0.25) is 0 Å². The quantitative estimate of drug-likeness (QED) is 0.848. The number of carbonyl (C=O) groups excluding carboxylic acids is 1. The highest BCUT2D eigenvalue weighted by Gasteiger charge is 2.12. The minimum Gasteiger partial charge on any atom is -0.486 e. The molecular weight excluding hydrogens is 277 g/mol. The lowest BCUT2D eigenvalue weighted by molar-refractivity contribution is -0.147. The summed E-state index contributed by atoms with van der Waals surface area (Å²) in [5, 5.41) is 10.5. The van der Waals surface area contributed by atoms with Crippen LogP contribution in [-0.4, -0.2) is 17.0 Å². The van der Waals surface area contributed by atoms with Crippen molar-refractivity contribution >= 4 is 17.6 Å². The van der Waals surface area contributed by atoms with Crippen molar-refractivity contribution in [3.05, 3.63) is 59.9 Å². The van der Waals surface area contributed by atoms with Crippen LogP contribution in [0.25, 0.3) is 0 Å². The van der Waals surface area contributed by atoms with Gasteiger partial charge in [-0.25, -0.2) is 9.18 Å². The molecule has 0 saturated carbocycles. The van der Waals surface area contributed by atoms with Crippen molar-refractivity contribution in [3.63, 3.8) is 0 Å². The highest BCUT2D eigenvalue weighted by atomic mass is 19.1. The van der Waals surface area contributed by atoms with E-state index in [0.29, 0.717) is 0 Å². The normalized spacial score (nSPS) is 9.95. The van der Waals surface area contributed by atoms with Gasteiger partial charge in [0.15, 0.2) is 11.6 Å². The maximum atomic E-state index is 13.8. The lowest BCUT2D eigenvalue weighted by Gasteiger charge is -2.09. The van der Waals surface area contributed by atoms with Gasteiger partial charge in [-0.1, -0.05) is 30.3 Å². The molecule has 21 heavy (non-hydrogen) atoms. The first kappa shape index (κ1) is 14.5. The topological polar surface area (TPSA) is 75.6 Å². The number of benzene rings is 2. The third-order valence-electron chi connectivity index (χ3n) is 2.62. The van der Waals surface area contributed by atoms with Crippen molar-refractivity contribution in [2.45, 2.75) is 6.61 Å². The van der Waals surface area contributed by atoms with Gasteiger partial charge < -0.3 is 15.2 Å². The van der Waals surface area contributed by atoms with Crippen LogP contribution in [0.1, 0.15) is 5.56 Å². The lowest BCUT2D eigenvalue weighted by atomic mass is 10.2. The van der Waals surface area contributed by atoms with E-state index in [-0.39, 0.29) is 18.0 Å². The number of anilines is 1. The number of halogens is 1. The number of rotatable bonds is 4. The van der Waals surface area contributed by atoms with E-state index in [0.717, 1.165) is 11.6 Å². The Morgan fingerprint density at radius 3 is 2.48 bits per heavy atom. The van der Waals surface area contributed by atoms with Crippen LogP contribution in [0.15, 0.2) is 48.5 Å². The number of carboxylic acids is 1. The molecule has 0 heterocycles. The number of carboxylic acid groups (broad SMARTS) is 1. The fourth-order valence-corrected chi connectivity index (χ4v) is 1.62. The average Bonchev–Trinajstić information content (AvgIpc) is 2.47. The van der Waals surface area contributed by atoms with Gasteiger partial charge in [0, 0.05) is 11.8 Å². The molecule has 0 unspecified atom stereocenters. The summed E-state index contributed by atoms with van der Waals surface area (Å²) in [6.45, 7) is 0.207. The monoisotopic (exact) mass is 289 g/mol. The van der Waals surface area contributed by atoms with Gasteiger partial charge in [0.1, 0.15) is 6.61 Å². The maximum Gasteiger partial charge on any atom is 0.394 e. The van der Waals surface area contributed by atoms with Gasteiger partial charge in [0.25, 0.3) is 0 Å². The Kier molecular flexibility index (Phi) is 4.50. The van der Waals surface area contributed by atoms with Gasteiger partial charge in [0.2, 0.25) is 0 Å². The number of nitrogens with one attached hydrogen (secondary N) is 1. The first-order valence-electron chi connectivity index (χ1n) is 6.07. The summed E-state index contributed by atoms with van der Waals surface area (Å²) in [6.07, 6.45) is 0. The Morgan fingerprint density at radius 2 is 1.86 bits per heavy atom. The van der Waals surface area contributed by atoms with E-state index < -0.39 is 17.7 Å². The molecule has 1 amide bonds. The predicted octanol–water partition coefficient (Wildman–Crippen LogP) is 2.43. The number of hydrogen-bond acceptors (Lipinski definition) is 3. The molecule has 2 rings (SSSR count). The molecule has 2 N–H and O–H groups in total. The van der Waals surface area contributed by atoms with Crippen LogP contribution in [0.5, 0.6) is 5.75 Å². The minimum absolute atomic E-state index is 0.0205. The molecule has 6 heteroatoms. The molecule has 108 valence electrons. The van der Waals surface area contributed by atoms with Crippen molar-refractivity contribution in [2.75, 3.05) is 5.32 Å². The van der Waals surface area contributed by atoms with Gasteiger partial charge in [-0.15, -0.1) is 0 Å². The highest BCUT2D eigenvalue weighted by Crippen LogP contribution is 2.22. The van der Waals surface area contributed by atoms with E-state index in [1.165, 1.54) is 12.1 Å². The molecular formula is C15H12FNO4. The van der Waals surface area contributed by atoms with Crippen molar-refractivity contribution in [1.29, 1.82) is 0 Å². The van der Waals surface area contributed by atoms with Crippen LogP contribution >= 0.6 is 0 Å². The summed E-state index contributed by atoms with van der Waals surface area (Å²) < 4.78 is 19.1. The molecule has 2 aromatic rings. The number of aliphatic carboxylic acids is 1. The highest BCUT2D eigenvalue weighted by molar-refractivity contribution is 6.36. The summed E-state index contributed by atoms with van der Waals surface area (Å²) in [7, 11) is 0. The molecule has 0 fully saturated rings. The summed E-state index contributed by atoms with van der Waals surface area (Å²) >= 11 is 0. The summed E-state index contributed by atoms with van der Waals surface area (Å²) in [5.41, 5.74) is 0.937. The fraction of sp³-hybridized carbons (Fsp3) is 0.0667. The second kappa shape index (κ2) is 6.51. The van der Waals surface area contributed by atoms with Crippen molar-refractivity contribution in [2.24, 2.45) is 0 Å². The zero-order valence-corrected chi connectivity index (χ0v) is 10.9. The Balaban J connectivity index is 2.02. The fourth-order valence-electron chi connectivity index (χ4n) is 1.62. The van der Waals surface area contributed by atoms with Gasteiger partial charge in [-0.05, 0) is 17.7 Å². The lowest BCUT2D eigenvalue weighted by Crippen LogP contribution is -2.21. The van der Waals surface area contributed by atoms with E-state index in [1.54, 1.807) is 0 Å². The van der Waals surface area contributed by atoms with Crippen molar-refractivity contribution in [1.82, 2.24) is 0 Å². The molecule has 0 atom stereocenters. The molecule has 0 spiro atoms. The van der Waals surface area contributed by atoms with Crippen molar-refractivity contribution < 1.29 is 23.8 Å². The Bertz CT molecular complexity index is 658. The van der Waals surface area contributed by atoms with Gasteiger partial charge in [0.05, 0.1) is 0 Å². The molecule has 0 aliphatic rings. The van der Waals surface area contributed by atoms with Crippen LogP contribution in [0.4, 0.5) is 10.1 Å². The summed E-state index contributed by atoms with van der Waals surface area (Å²) in [4.78, 5) is 21.3. The second-order valence-corrected chi connectivity index (χ2v) is 4.18. The molecule has 5 nitrogen and oxygen atoms in total. The van der Waals surface area contributed by atoms with Crippen molar-refractivity contribution in [3.8, 4) is 5.75 Å². The van der Waals surface area contributed by atoms with Gasteiger partial charge in [-0.3, -0.25) is 4.79 Å². The van der Waals surface area contributed by atoms with Crippen LogP contribution in [-0.2, 0) is 16.2 Å². The Hall–Kier alpha value is -2.89. The second-order valence-electron chi connectivity index (χ2n) is 4.18. The summed E-state index contributed by atoms with van der Waals surface area (Å²) in [6, 6.07) is 12.9. The van der Waals surface area contributed by atoms with E-state index in [4.69, 9.17) is 9.84 Å². The number of hydrogen-bond donors (Lipinski definition) is 2. The average molecular weight is 289 g/mol. The van der Waals surface area contributed by atoms with Crippen LogP contribution < -0.4 is 10.1 Å². The van der Waals surface area contributed by atoms with Gasteiger partial charge >= 0.3 is 11.9 Å². The molecule has 0 aliphatic heterocycles. The number of ether oxygens (including phenoxy) is 1. The molecule has 0 radical (unpaired) electrons. The minimum atomic E-state index is -1.64.